The molecule has 15 heteroatoms. The molecule has 0 unspecified atom stereocenters. The third-order valence-electron chi connectivity index (χ3n) is 7.03. The Balaban J connectivity index is 0.000000154. The van der Waals surface area contributed by atoms with Crippen LogP contribution in [0.1, 0.15) is 0 Å². The van der Waals surface area contributed by atoms with Gasteiger partial charge in [-0.15, -0.1) is 0 Å². The summed E-state index contributed by atoms with van der Waals surface area (Å²) in [7, 11) is 0. The maximum atomic E-state index is 8.25. The second-order valence-electron chi connectivity index (χ2n) is 10.1. The minimum Gasteiger partial charge on any atom is -0.356 e. The van der Waals surface area contributed by atoms with E-state index in [9.17, 15) is 0 Å². The third-order valence-corrected chi connectivity index (χ3v) is 7.03. The number of pyridine rings is 6. The molecule has 14 nitrogen and oxygen atoms in total. The summed E-state index contributed by atoms with van der Waals surface area (Å²) in [4.78, 5) is 42.6. The Morgan fingerprint density at radius 2 is 0.451 bits per heavy atom. The van der Waals surface area contributed by atoms with Gasteiger partial charge >= 0.3 is 17.1 Å². The zero-order valence-corrected chi connectivity index (χ0v) is 27.1. The van der Waals surface area contributed by atoms with E-state index in [0.29, 0.717) is 0 Å². The van der Waals surface area contributed by atoms with Gasteiger partial charge in [-0.05, 0) is 36.4 Å². The molecule has 0 atom stereocenters. The van der Waals surface area contributed by atoms with E-state index in [0.717, 1.165) is 65.4 Å². The Kier molecular flexibility index (Phi) is 13.0. The van der Waals surface area contributed by atoms with Crippen molar-refractivity contribution in [3.05, 3.63) is 177 Å². The van der Waals surface area contributed by atoms with Crippen LogP contribution in [0, 0.1) is 30.6 Å². The Morgan fingerprint density at radius 1 is 0.314 bits per heavy atom. The number of aromatic nitrogens is 6. The van der Waals surface area contributed by atoms with E-state index in [2.05, 4.69) is 103 Å². The first-order valence-corrected chi connectivity index (χ1v) is 14.7. The van der Waals surface area contributed by atoms with Crippen molar-refractivity contribution in [2.45, 2.75) is 0 Å². The number of rotatable bonds is 0. The maximum Gasteiger partial charge on any atom is 2.00 e. The van der Waals surface area contributed by atoms with Gasteiger partial charge in [0.15, 0.2) is 0 Å². The van der Waals surface area contributed by atoms with Gasteiger partial charge in [0.25, 0.3) is 0 Å². The fourth-order valence-electron chi connectivity index (χ4n) is 5.04. The smallest absolute Gasteiger partial charge is 0.356 e. The number of benzene rings is 3. The largest absolute Gasteiger partial charge is 2.00 e. The number of hydrogen-bond acceptors (Lipinski definition) is 12. The van der Waals surface area contributed by atoms with Crippen LogP contribution in [-0.2, 0) is 17.1 Å². The van der Waals surface area contributed by atoms with Crippen molar-refractivity contribution in [2.24, 2.45) is 0 Å². The van der Waals surface area contributed by atoms with Crippen molar-refractivity contribution in [3.8, 4) is 0 Å². The average Bonchev–Trinajstić information content (AvgIpc) is 3.15. The van der Waals surface area contributed by atoms with E-state index < -0.39 is 10.2 Å². The Labute approximate surface area is 298 Å². The molecule has 0 aliphatic carbocycles. The van der Waals surface area contributed by atoms with Crippen molar-refractivity contribution >= 4 is 65.4 Å². The number of fused-ring (bicyclic) bond motifs is 9. The Hall–Kier alpha value is -6.96. The van der Waals surface area contributed by atoms with Crippen molar-refractivity contribution in [2.75, 3.05) is 0 Å². The molecule has 0 N–H and O–H groups in total. The van der Waals surface area contributed by atoms with Crippen LogP contribution in [0.15, 0.2) is 146 Å². The average molecular weight is 728 g/mol. The molecule has 0 fully saturated rings. The van der Waals surface area contributed by atoms with Crippen molar-refractivity contribution in [1.29, 1.82) is 0 Å². The Morgan fingerprint density at radius 3 is 0.588 bits per heavy atom. The minimum atomic E-state index is -1.75. The minimum absolute atomic E-state index is 0. The van der Waals surface area contributed by atoms with Crippen LogP contribution in [0.25, 0.3) is 65.4 Å². The summed E-state index contributed by atoms with van der Waals surface area (Å²) in [6.07, 6.45) is 10.8. The van der Waals surface area contributed by atoms with E-state index in [1.165, 1.54) is 0 Å². The summed E-state index contributed by atoms with van der Waals surface area (Å²) in [5.74, 6) is 0. The van der Waals surface area contributed by atoms with Crippen LogP contribution >= 0.6 is 0 Å². The van der Waals surface area contributed by atoms with E-state index in [1.807, 2.05) is 36.4 Å². The van der Waals surface area contributed by atoms with Gasteiger partial charge in [-0.2, -0.15) is 0 Å². The quantitative estimate of drug-likeness (QED) is 0.0632. The summed E-state index contributed by atoms with van der Waals surface area (Å²) in [5.41, 5.74) is 5.86. The van der Waals surface area contributed by atoms with E-state index >= 15 is 0 Å². The predicted octanol–water partition coefficient (Wildman–Crippen LogP) is 7.87. The second-order valence-corrected chi connectivity index (χ2v) is 10.1. The molecule has 0 spiro atoms. The molecule has 0 bridgehead atoms. The van der Waals surface area contributed by atoms with E-state index in [1.54, 1.807) is 37.2 Å². The molecule has 6 heterocycles. The molecule has 3 aromatic carbocycles. The van der Waals surface area contributed by atoms with Gasteiger partial charge in [0.2, 0.25) is 0 Å². The summed E-state index contributed by atoms with van der Waals surface area (Å²) < 4.78 is 0. The van der Waals surface area contributed by atoms with Crippen LogP contribution < -0.4 is 0 Å². The zero-order chi connectivity index (χ0) is 35.3. The Bertz CT molecular complexity index is 2130. The normalized spacial score (nSPS) is 9.88. The number of nitrogens with zero attached hydrogens (tertiary/aromatic N) is 8. The summed E-state index contributed by atoms with van der Waals surface area (Å²) >= 11 is 0. The molecule has 9 rings (SSSR count). The first kappa shape index (κ1) is 36.9. The molecule has 1 radical (unpaired) electrons. The molecule has 0 amide bonds. The van der Waals surface area contributed by atoms with Gasteiger partial charge in [0, 0.05) is 69.5 Å². The van der Waals surface area contributed by atoms with Gasteiger partial charge in [0.05, 0.1) is 43.3 Å². The summed E-state index contributed by atoms with van der Waals surface area (Å²) in [5, 5.41) is 36.3. The zero-order valence-electron chi connectivity index (χ0n) is 26.2. The molecule has 0 aliphatic heterocycles. The van der Waals surface area contributed by atoms with Gasteiger partial charge in [0.1, 0.15) is 0 Å². The van der Waals surface area contributed by atoms with Crippen molar-refractivity contribution in [3.63, 3.8) is 0 Å². The van der Waals surface area contributed by atoms with Crippen molar-refractivity contribution < 1.29 is 27.2 Å². The van der Waals surface area contributed by atoms with Gasteiger partial charge < -0.3 is 30.6 Å². The van der Waals surface area contributed by atoms with Crippen LogP contribution in [0.5, 0.6) is 0 Å². The monoisotopic (exact) mass is 727 g/mol. The summed E-state index contributed by atoms with van der Waals surface area (Å²) in [6.45, 7) is 0. The molecule has 255 valence electrons. The van der Waals surface area contributed by atoms with E-state index in [-0.39, 0.29) is 17.1 Å². The summed E-state index contributed by atoms with van der Waals surface area (Å²) in [6, 6.07) is 36.4. The molecular formula is C36H24CuN8O6. The second kappa shape index (κ2) is 18.0. The van der Waals surface area contributed by atoms with Crippen LogP contribution in [0.2, 0.25) is 0 Å². The predicted molar refractivity (Wildman–Crippen MR) is 192 cm³/mol. The molecule has 0 saturated carbocycles. The molecule has 0 saturated heterocycles. The third kappa shape index (κ3) is 9.79. The molecule has 0 aliphatic rings. The molecule has 6 aromatic heterocycles. The van der Waals surface area contributed by atoms with Gasteiger partial charge in [-0.3, -0.25) is 29.9 Å². The van der Waals surface area contributed by atoms with Crippen LogP contribution in [0.3, 0.4) is 0 Å². The van der Waals surface area contributed by atoms with Gasteiger partial charge in [-0.25, -0.2) is 0 Å². The first-order valence-electron chi connectivity index (χ1n) is 14.7. The molecule has 9 aromatic rings. The van der Waals surface area contributed by atoms with Crippen LogP contribution in [-0.4, -0.2) is 40.1 Å². The van der Waals surface area contributed by atoms with Crippen molar-refractivity contribution in [1.82, 2.24) is 29.9 Å². The molecule has 51 heavy (non-hydrogen) atoms. The fourth-order valence-corrected chi connectivity index (χ4v) is 5.04. The molecular weight excluding hydrogens is 704 g/mol. The maximum absolute atomic E-state index is 8.25. The van der Waals surface area contributed by atoms with E-state index in [4.69, 9.17) is 30.6 Å². The standard InChI is InChI=1S/3C12H8N2.Cu.2NO3/c3*1-3-9-5-6-10-4-2-8-14-12(10)11(9)13-7-1;;2*2-1(3)4/h3*1-8H;;;/q;;;+2;2*-1. The fraction of sp³-hybridized carbons (Fsp3) is 0. The SMILES string of the molecule is O=[N+]([O-])[O-].O=[N+]([O-])[O-].[Cu+2].c1cnc2c(c1)ccc1cccnc12.c1cnc2c(c1)ccc1cccnc12.c1cnc2c(c1)ccc1cccnc12. The number of hydrogen-bond donors (Lipinski definition) is 0. The topological polar surface area (TPSA) is 210 Å². The van der Waals surface area contributed by atoms with Gasteiger partial charge in [-0.1, -0.05) is 72.8 Å². The first-order chi connectivity index (χ1) is 24.3. The van der Waals surface area contributed by atoms with Crippen LogP contribution in [0.4, 0.5) is 0 Å².